The maximum Gasteiger partial charge on any atom is 0.208 e. The van der Waals surface area contributed by atoms with E-state index in [9.17, 15) is 8.42 Å². The molecule has 0 radical (unpaired) electrons. The summed E-state index contributed by atoms with van der Waals surface area (Å²) in [5.74, 6) is 0. The van der Waals surface area contributed by atoms with Gasteiger partial charge in [-0.3, -0.25) is 0 Å². The molecule has 0 atom stereocenters. The van der Waals surface area contributed by atoms with Crippen molar-refractivity contribution in [1.82, 2.24) is 10.0 Å². The van der Waals surface area contributed by atoms with Crippen LogP contribution in [0, 0.1) is 0 Å². The van der Waals surface area contributed by atoms with Gasteiger partial charge < -0.3 is 5.32 Å². The Hall–Kier alpha value is -0.910. The molecule has 96 valence electrons. The summed E-state index contributed by atoms with van der Waals surface area (Å²) in [5, 5.41) is 3.22. The molecule has 0 saturated carbocycles. The Morgan fingerprint density at radius 2 is 1.76 bits per heavy atom. The van der Waals surface area contributed by atoms with Crippen molar-refractivity contribution in [3.05, 3.63) is 35.4 Å². The predicted octanol–water partition coefficient (Wildman–Crippen LogP) is 0.888. The molecule has 0 heterocycles. The number of benzene rings is 1. The van der Waals surface area contributed by atoms with Gasteiger partial charge >= 0.3 is 0 Å². The van der Waals surface area contributed by atoms with Crippen molar-refractivity contribution in [2.75, 3.05) is 19.3 Å². The van der Waals surface area contributed by atoms with Gasteiger partial charge in [-0.25, -0.2) is 13.1 Å². The molecular weight excluding hydrogens is 236 g/mol. The Kier molecular flexibility index (Phi) is 5.61. The SMILES string of the molecule is CCc1ccccc1CNCCNS(C)(=O)=O. The first-order chi connectivity index (χ1) is 8.03. The lowest BCUT2D eigenvalue weighted by Gasteiger charge is -2.09. The second-order valence-corrected chi connectivity index (χ2v) is 5.80. The summed E-state index contributed by atoms with van der Waals surface area (Å²) >= 11 is 0. The van der Waals surface area contributed by atoms with Gasteiger partial charge in [0.25, 0.3) is 0 Å². The average Bonchev–Trinajstić information content (AvgIpc) is 2.27. The molecule has 0 aromatic heterocycles. The Morgan fingerprint density at radius 1 is 1.12 bits per heavy atom. The molecule has 0 amide bonds. The van der Waals surface area contributed by atoms with Gasteiger partial charge in [0, 0.05) is 19.6 Å². The summed E-state index contributed by atoms with van der Waals surface area (Å²) in [4.78, 5) is 0. The topological polar surface area (TPSA) is 58.2 Å². The Morgan fingerprint density at radius 3 is 2.35 bits per heavy atom. The number of rotatable bonds is 7. The van der Waals surface area contributed by atoms with Crippen molar-refractivity contribution >= 4 is 10.0 Å². The third-order valence-electron chi connectivity index (χ3n) is 2.48. The maximum atomic E-state index is 10.8. The van der Waals surface area contributed by atoms with Crippen molar-refractivity contribution in [2.45, 2.75) is 19.9 Å². The van der Waals surface area contributed by atoms with Gasteiger partial charge in [0.15, 0.2) is 0 Å². The summed E-state index contributed by atoms with van der Waals surface area (Å²) in [6, 6.07) is 8.26. The highest BCUT2D eigenvalue weighted by molar-refractivity contribution is 7.88. The molecule has 5 heteroatoms. The molecule has 17 heavy (non-hydrogen) atoms. The average molecular weight is 256 g/mol. The minimum atomic E-state index is -3.07. The molecule has 1 aromatic carbocycles. The molecule has 0 aliphatic carbocycles. The largest absolute Gasteiger partial charge is 0.311 e. The number of nitrogens with one attached hydrogen (secondary N) is 2. The van der Waals surface area contributed by atoms with Crippen LogP contribution in [-0.4, -0.2) is 27.8 Å². The van der Waals surface area contributed by atoms with Gasteiger partial charge in [-0.15, -0.1) is 0 Å². The van der Waals surface area contributed by atoms with E-state index in [0.29, 0.717) is 13.1 Å². The molecule has 0 bridgehead atoms. The van der Waals surface area contributed by atoms with E-state index in [4.69, 9.17) is 0 Å². The van der Waals surface area contributed by atoms with Crippen LogP contribution in [0.1, 0.15) is 18.1 Å². The van der Waals surface area contributed by atoms with Crippen LogP contribution >= 0.6 is 0 Å². The van der Waals surface area contributed by atoms with Crippen LogP contribution in [0.2, 0.25) is 0 Å². The van der Waals surface area contributed by atoms with Gasteiger partial charge in [0.05, 0.1) is 6.26 Å². The summed E-state index contributed by atoms with van der Waals surface area (Å²) in [6.45, 7) is 3.96. The van der Waals surface area contributed by atoms with Crippen molar-refractivity contribution < 1.29 is 8.42 Å². The fraction of sp³-hybridized carbons (Fsp3) is 0.500. The van der Waals surface area contributed by atoms with E-state index in [1.165, 1.54) is 17.4 Å². The predicted molar refractivity (Wildman–Crippen MR) is 70.4 cm³/mol. The highest BCUT2D eigenvalue weighted by Gasteiger charge is 2.00. The van der Waals surface area contributed by atoms with Gasteiger partial charge in [0.2, 0.25) is 10.0 Å². The smallest absolute Gasteiger partial charge is 0.208 e. The second kappa shape index (κ2) is 6.74. The lowest BCUT2D eigenvalue weighted by molar-refractivity contribution is 0.581. The molecule has 0 saturated heterocycles. The zero-order valence-corrected chi connectivity index (χ0v) is 11.2. The second-order valence-electron chi connectivity index (χ2n) is 3.97. The first-order valence-electron chi connectivity index (χ1n) is 5.75. The molecular formula is C12H20N2O2S. The van der Waals surface area contributed by atoms with Crippen molar-refractivity contribution in [2.24, 2.45) is 0 Å². The number of hydrogen-bond donors (Lipinski definition) is 2. The normalized spacial score (nSPS) is 11.6. The van der Waals surface area contributed by atoms with Crippen LogP contribution < -0.4 is 10.0 Å². The van der Waals surface area contributed by atoms with Gasteiger partial charge in [-0.05, 0) is 17.5 Å². The molecule has 0 aliphatic heterocycles. The van der Waals surface area contributed by atoms with E-state index in [1.807, 2.05) is 12.1 Å². The van der Waals surface area contributed by atoms with Crippen LogP contribution in [0.15, 0.2) is 24.3 Å². The van der Waals surface area contributed by atoms with Gasteiger partial charge in [-0.2, -0.15) is 0 Å². The fourth-order valence-corrected chi connectivity index (χ4v) is 2.10. The first kappa shape index (κ1) is 14.2. The van der Waals surface area contributed by atoms with Gasteiger partial charge in [-0.1, -0.05) is 31.2 Å². The summed E-state index contributed by atoms with van der Waals surface area (Å²) in [6.07, 6.45) is 2.18. The third kappa shape index (κ3) is 5.81. The molecule has 0 fully saturated rings. The molecule has 4 nitrogen and oxygen atoms in total. The molecule has 0 aliphatic rings. The summed E-state index contributed by atoms with van der Waals surface area (Å²) in [7, 11) is -3.07. The highest BCUT2D eigenvalue weighted by Crippen LogP contribution is 2.08. The lowest BCUT2D eigenvalue weighted by atomic mass is 10.1. The molecule has 0 unspecified atom stereocenters. The Bertz CT molecular complexity index is 444. The van der Waals surface area contributed by atoms with Crippen molar-refractivity contribution in [3.63, 3.8) is 0 Å². The van der Waals surface area contributed by atoms with Crippen LogP contribution in [0.3, 0.4) is 0 Å². The zero-order chi connectivity index (χ0) is 12.7. The number of aryl methyl sites for hydroxylation is 1. The quantitative estimate of drug-likeness (QED) is 0.712. The summed E-state index contributed by atoms with van der Waals surface area (Å²) in [5.41, 5.74) is 2.60. The van der Waals surface area contributed by atoms with E-state index >= 15 is 0 Å². The fourth-order valence-electron chi connectivity index (χ4n) is 1.62. The zero-order valence-electron chi connectivity index (χ0n) is 10.4. The maximum absolute atomic E-state index is 10.8. The molecule has 2 N–H and O–H groups in total. The molecule has 0 spiro atoms. The van der Waals surface area contributed by atoms with E-state index in [-0.39, 0.29) is 0 Å². The number of hydrogen-bond acceptors (Lipinski definition) is 3. The first-order valence-corrected chi connectivity index (χ1v) is 7.64. The Balaban J connectivity index is 2.31. The Labute approximate surface area is 103 Å². The minimum Gasteiger partial charge on any atom is -0.311 e. The number of sulfonamides is 1. The van der Waals surface area contributed by atoms with Gasteiger partial charge in [0.1, 0.15) is 0 Å². The monoisotopic (exact) mass is 256 g/mol. The van der Waals surface area contributed by atoms with E-state index in [2.05, 4.69) is 29.1 Å². The third-order valence-corrected chi connectivity index (χ3v) is 3.21. The molecule has 1 rings (SSSR count). The van der Waals surface area contributed by atoms with E-state index in [0.717, 1.165) is 13.0 Å². The highest BCUT2D eigenvalue weighted by atomic mass is 32.2. The van der Waals surface area contributed by atoms with Crippen LogP contribution in [0.25, 0.3) is 0 Å². The molecule has 1 aromatic rings. The van der Waals surface area contributed by atoms with Crippen LogP contribution in [0.5, 0.6) is 0 Å². The summed E-state index contributed by atoms with van der Waals surface area (Å²) < 4.78 is 24.1. The lowest BCUT2D eigenvalue weighted by Crippen LogP contribution is -2.30. The van der Waals surface area contributed by atoms with Crippen LogP contribution in [0.4, 0.5) is 0 Å². The van der Waals surface area contributed by atoms with Crippen molar-refractivity contribution in [1.29, 1.82) is 0 Å². The van der Waals surface area contributed by atoms with Crippen molar-refractivity contribution in [3.8, 4) is 0 Å². The van der Waals surface area contributed by atoms with Crippen LogP contribution in [-0.2, 0) is 23.0 Å². The van der Waals surface area contributed by atoms with E-state index < -0.39 is 10.0 Å². The van der Waals surface area contributed by atoms with E-state index in [1.54, 1.807) is 0 Å². The standard InChI is InChI=1S/C12H20N2O2S/c1-3-11-6-4-5-7-12(11)10-13-8-9-14-17(2,15)16/h4-7,13-14H,3,8-10H2,1-2H3. The minimum absolute atomic E-state index is 0.424.